The number of rotatable bonds is 4. The molecule has 0 bridgehead atoms. The number of ether oxygens (including phenoxy) is 2. The molecule has 0 radical (unpaired) electrons. The fourth-order valence-corrected chi connectivity index (χ4v) is 2.33. The highest BCUT2D eigenvalue weighted by Gasteiger charge is 2.16. The highest BCUT2D eigenvalue weighted by atomic mass is 35.5. The zero-order chi connectivity index (χ0) is 16.3. The monoisotopic (exact) mass is 318 g/mol. The summed E-state index contributed by atoms with van der Waals surface area (Å²) in [6, 6.07) is 6.77. The maximum atomic E-state index is 11.6. The van der Waals surface area contributed by atoms with Crippen LogP contribution in [-0.4, -0.2) is 11.9 Å². The van der Waals surface area contributed by atoms with E-state index in [1.54, 1.807) is 24.3 Å². The number of fused-ring (bicyclic) bond motifs is 1. The second-order valence-corrected chi connectivity index (χ2v) is 5.06. The summed E-state index contributed by atoms with van der Waals surface area (Å²) in [6.45, 7) is 6.64. The molecular weight excluding hydrogens is 304 g/mol. The van der Waals surface area contributed by atoms with Crippen molar-refractivity contribution in [2.24, 2.45) is 0 Å². The summed E-state index contributed by atoms with van der Waals surface area (Å²) < 4.78 is 10.6. The highest BCUT2D eigenvalue weighted by Crippen LogP contribution is 2.38. The van der Waals surface area contributed by atoms with Crippen LogP contribution in [0.3, 0.4) is 0 Å². The van der Waals surface area contributed by atoms with Crippen LogP contribution >= 0.6 is 11.6 Å². The largest absolute Gasteiger partial charge is 0.426 e. The van der Waals surface area contributed by atoms with Crippen molar-refractivity contribution >= 4 is 34.3 Å². The van der Waals surface area contributed by atoms with Gasteiger partial charge in [-0.3, -0.25) is 4.79 Å². The first-order valence-electron chi connectivity index (χ1n) is 6.74. The normalized spacial score (nSPS) is 10.3. The van der Waals surface area contributed by atoms with Gasteiger partial charge in [0.05, 0.1) is 0 Å². The van der Waals surface area contributed by atoms with Crippen LogP contribution < -0.4 is 9.47 Å². The molecule has 2 aromatic carbocycles. The molecule has 0 aliphatic rings. The summed E-state index contributed by atoms with van der Waals surface area (Å²) in [5.41, 5.74) is 0.751. The first-order chi connectivity index (χ1) is 10.5. The molecule has 0 fully saturated rings. The van der Waals surface area contributed by atoms with Crippen LogP contribution in [-0.2, 0) is 16.0 Å². The van der Waals surface area contributed by atoms with Crippen LogP contribution in [0.1, 0.15) is 19.4 Å². The van der Waals surface area contributed by atoms with Crippen LogP contribution in [0.5, 0.6) is 11.5 Å². The molecule has 0 saturated heterocycles. The third kappa shape index (κ3) is 3.28. The van der Waals surface area contributed by atoms with Crippen molar-refractivity contribution < 1.29 is 19.1 Å². The summed E-state index contributed by atoms with van der Waals surface area (Å²) in [5.74, 6) is -0.166. The van der Waals surface area contributed by atoms with E-state index >= 15 is 0 Å². The quantitative estimate of drug-likeness (QED) is 0.484. The lowest BCUT2D eigenvalue weighted by Gasteiger charge is -2.15. The van der Waals surface area contributed by atoms with Gasteiger partial charge in [-0.15, -0.1) is 0 Å². The molecule has 0 spiro atoms. The zero-order valence-corrected chi connectivity index (χ0v) is 13.1. The number of halogens is 1. The minimum atomic E-state index is -0.550. The Kier molecular flexibility index (Phi) is 4.83. The van der Waals surface area contributed by atoms with Crippen LogP contribution in [0.4, 0.5) is 0 Å². The number of aryl methyl sites for hydroxylation is 1. The third-order valence-electron chi connectivity index (χ3n) is 3.09. The van der Waals surface area contributed by atoms with E-state index in [-0.39, 0.29) is 0 Å². The number of carbonyl (C=O) groups is 2. The fraction of sp³-hybridized carbons (Fsp3) is 0.176. The van der Waals surface area contributed by atoms with Crippen LogP contribution in [0, 0.1) is 0 Å². The predicted octanol–water partition coefficient (Wildman–Crippen LogP) is 4.07. The number of benzene rings is 2. The average molecular weight is 319 g/mol. The lowest BCUT2D eigenvalue weighted by molar-refractivity contribution is -0.132. The standard InChI is InChI=1S/C17H15ClO4/c1-4-11-8-15(21-10(3)19)14-9-12(18)6-7-13(14)17(11)22-16(20)5-2/h5-9H,2,4H2,1,3H3. The van der Waals surface area contributed by atoms with Gasteiger partial charge in [-0.1, -0.05) is 25.1 Å². The molecule has 4 nitrogen and oxygen atoms in total. The summed E-state index contributed by atoms with van der Waals surface area (Å²) in [5, 5.41) is 1.74. The summed E-state index contributed by atoms with van der Waals surface area (Å²) >= 11 is 6.02. The van der Waals surface area contributed by atoms with Gasteiger partial charge in [-0.05, 0) is 36.2 Å². The molecule has 0 saturated carbocycles. The first-order valence-corrected chi connectivity index (χ1v) is 7.11. The van der Waals surface area contributed by atoms with Crippen molar-refractivity contribution in [2.45, 2.75) is 20.3 Å². The van der Waals surface area contributed by atoms with Crippen LogP contribution in [0.2, 0.25) is 5.02 Å². The second kappa shape index (κ2) is 6.62. The van der Waals surface area contributed by atoms with Crippen LogP contribution in [0.25, 0.3) is 10.8 Å². The molecular formula is C17H15ClO4. The van der Waals surface area contributed by atoms with Gasteiger partial charge in [-0.2, -0.15) is 0 Å². The van der Waals surface area contributed by atoms with Gasteiger partial charge in [0.1, 0.15) is 11.5 Å². The Morgan fingerprint density at radius 3 is 2.55 bits per heavy atom. The Morgan fingerprint density at radius 1 is 1.23 bits per heavy atom. The summed E-state index contributed by atoms with van der Waals surface area (Å²) in [4.78, 5) is 22.9. The number of hydrogen-bond acceptors (Lipinski definition) is 4. The Hall–Kier alpha value is -2.33. The Bertz CT molecular complexity index is 765. The molecule has 0 unspecified atom stereocenters. The number of esters is 2. The van der Waals surface area contributed by atoms with Gasteiger partial charge < -0.3 is 9.47 Å². The van der Waals surface area contributed by atoms with Crippen molar-refractivity contribution in [3.8, 4) is 11.5 Å². The molecule has 0 N–H and O–H groups in total. The van der Waals surface area contributed by atoms with Gasteiger partial charge in [0.25, 0.3) is 0 Å². The van der Waals surface area contributed by atoms with E-state index in [0.717, 1.165) is 11.6 Å². The highest BCUT2D eigenvalue weighted by molar-refractivity contribution is 6.31. The zero-order valence-electron chi connectivity index (χ0n) is 12.3. The molecule has 0 aliphatic carbocycles. The predicted molar refractivity (Wildman–Crippen MR) is 85.5 cm³/mol. The average Bonchev–Trinajstić information content (AvgIpc) is 2.48. The molecule has 2 aromatic rings. The van der Waals surface area contributed by atoms with Crippen LogP contribution in [0.15, 0.2) is 36.9 Å². The van der Waals surface area contributed by atoms with E-state index < -0.39 is 11.9 Å². The third-order valence-corrected chi connectivity index (χ3v) is 3.33. The Balaban J connectivity index is 2.75. The smallest absolute Gasteiger partial charge is 0.335 e. The van der Waals surface area contributed by atoms with Gasteiger partial charge in [0, 0.05) is 28.8 Å². The van der Waals surface area contributed by atoms with Gasteiger partial charge in [0.2, 0.25) is 0 Å². The molecule has 0 aromatic heterocycles. The van der Waals surface area contributed by atoms with Crippen molar-refractivity contribution in [1.29, 1.82) is 0 Å². The maximum absolute atomic E-state index is 11.6. The molecule has 2 rings (SSSR count). The van der Waals surface area contributed by atoms with E-state index in [1.807, 2.05) is 6.92 Å². The Morgan fingerprint density at radius 2 is 1.95 bits per heavy atom. The SMILES string of the molecule is C=CC(=O)Oc1c(CC)cc(OC(C)=O)c2cc(Cl)ccc12. The number of carbonyl (C=O) groups excluding carboxylic acids is 2. The lowest BCUT2D eigenvalue weighted by Crippen LogP contribution is -2.08. The fourth-order valence-electron chi connectivity index (χ4n) is 2.16. The first kappa shape index (κ1) is 16.0. The molecule has 0 aliphatic heterocycles. The Labute approximate surface area is 133 Å². The molecule has 0 amide bonds. The van der Waals surface area contributed by atoms with E-state index in [1.165, 1.54) is 6.92 Å². The molecule has 5 heteroatoms. The maximum Gasteiger partial charge on any atom is 0.335 e. The molecule has 0 heterocycles. The van der Waals surface area contributed by atoms with Gasteiger partial charge in [0.15, 0.2) is 0 Å². The summed E-state index contributed by atoms with van der Waals surface area (Å²) in [6.07, 6.45) is 1.70. The second-order valence-electron chi connectivity index (χ2n) is 4.63. The number of hydrogen-bond donors (Lipinski definition) is 0. The van der Waals surface area contributed by atoms with E-state index in [2.05, 4.69) is 6.58 Å². The van der Waals surface area contributed by atoms with Crippen molar-refractivity contribution in [3.05, 3.63) is 47.5 Å². The molecule has 0 atom stereocenters. The lowest BCUT2D eigenvalue weighted by atomic mass is 10.0. The van der Waals surface area contributed by atoms with E-state index in [9.17, 15) is 9.59 Å². The minimum absolute atomic E-state index is 0.389. The van der Waals surface area contributed by atoms with Gasteiger partial charge in [-0.25, -0.2) is 4.79 Å². The van der Waals surface area contributed by atoms with Gasteiger partial charge >= 0.3 is 11.9 Å². The van der Waals surface area contributed by atoms with Crippen molar-refractivity contribution in [3.63, 3.8) is 0 Å². The van der Waals surface area contributed by atoms with E-state index in [4.69, 9.17) is 21.1 Å². The minimum Gasteiger partial charge on any atom is -0.426 e. The van der Waals surface area contributed by atoms with Crippen molar-refractivity contribution in [1.82, 2.24) is 0 Å². The topological polar surface area (TPSA) is 52.6 Å². The summed E-state index contributed by atoms with van der Waals surface area (Å²) in [7, 11) is 0. The molecule has 114 valence electrons. The molecule has 22 heavy (non-hydrogen) atoms. The van der Waals surface area contributed by atoms with Crippen molar-refractivity contribution in [2.75, 3.05) is 0 Å². The van der Waals surface area contributed by atoms with E-state index in [0.29, 0.717) is 33.7 Å².